The van der Waals surface area contributed by atoms with Crippen molar-refractivity contribution in [3.05, 3.63) is 0 Å². The van der Waals surface area contributed by atoms with Crippen molar-refractivity contribution in [3.63, 3.8) is 0 Å². The number of hydrogen-bond acceptors (Lipinski definition) is 6. The van der Waals surface area contributed by atoms with Gasteiger partial charge in [-0.2, -0.15) is 0 Å². The first-order valence-electron chi connectivity index (χ1n) is 9.72. The third-order valence-electron chi connectivity index (χ3n) is 5.06. The number of carboxylic acids is 1. The molecule has 164 valence electrons. The molecule has 1 aliphatic heterocycles. The van der Waals surface area contributed by atoms with E-state index in [1.165, 1.54) is 4.90 Å². The maximum absolute atomic E-state index is 12.8. The topological polar surface area (TPSA) is 185 Å². The minimum absolute atomic E-state index is 0.0303. The van der Waals surface area contributed by atoms with Gasteiger partial charge < -0.3 is 32.1 Å². The number of carbonyl (C=O) groups excluding carboxylic acids is 4. The molecule has 29 heavy (non-hydrogen) atoms. The first kappa shape index (κ1) is 24.3. The van der Waals surface area contributed by atoms with Gasteiger partial charge in [0, 0.05) is 13.0 Å². The molecule has 0 aliphatic carbocycles. The number of carbonyl (C=O) groups is 5. The van der Waals surface area contributed by atoms with Crippen molar-refractivity contribution in [3.8, 4) is 0 Å². The summed E-state index contributed by atoms with van der Waals surface area (Å²) in [5.41, 5.74) is 10.9. The molecule has 0 aromatic carbocycles. The Hall–Kier alpha value is -2.69. The number of rotatable bonds is 11. The predicted molar refractivity (Wildman–Crippen MR) is 103 cm³/mol. The Labute approximate surface area is 169 Å². The molecule has 0 spiro atoms. The second-order valence-corrected chi connectivity index (χ2v) is 7.28. The summed E-state index contributed by atoms with van der Waals surface area (Å²) in [5, 5.41) is 13.7. The monoisotopic (exact) mass is 413 g/mol. The van der Waals surface area contributed by atoms with Crippen molar-refractivity contribution < 1.29 is 29.1 Å². The van der Waals surface area contributed by atoms with E-state index in [1.807, 2.05) is 6.92 Å². The average Bonchev–Trinajstić information content (AvgIpc) is 3.16. The fourth-order valence-corrected chi connectivity index (χ4v) is 3.16. The zero-order valence-electron chi connectivity index (χ0n) is 16.8. The fraction of sp³-hybridized carbons (Fsp3) is 0.722. The zero-order chi connectivity index (χ0) is 22.1. The Morgan fingerprint density at radius 1 is 1.24 bits per heavy atom. The van der Waals surface area contributed by atoms with Gasteiger partial charge in [-0.25, -0.2) is 0 Å². The lowest BCUT2D eigenvalue weighted by molar-refractivity contribution is -0.141. The van der Waals surface area contributed by atoms with Crippen molar-refractivity contribution in [2.24, 2.45) is 17.4 Å². The van der Waals surface area contributed by atoms with Gasteiger partial charge in [0.25, 0.3) is 0 Å². The highest BCUT2D eigenvalue weighted by Gasteiger charge is 2.38. The molecule has 7 N–H and O–H groups in total. The number of primary amides is 1. The van der Waals surface area contributed by atoms with Crippen LogP contribution in [0.4, 0.5) is 0 Å². The number of amides is 4. The first-order chi connectivity index (χ1) is 13.6. The maximum atomic E-state index is 12.8. The molecule has 1 fully saturated rings. The summed E-state index contributed by atoms with van der Waals surface area (Å²) < 4.78 is 0. The largest absolute Gasteiger partial charge is 0.480 e. The number of nitrogens with one attached hydrogen (secondary N) is 2. The van der Waals surface area contributed by atoms with E-state index in [1.54, 1.807) is 6.92 Å². The second kappa shape index (κ2) is 11.3. The average molecular weight is 413 g/mol. The molecule has 0 aromatic heterocycles. The Kier molecular flexibility index (Phi) is 9.53. The highest BCUT2D eigenvalue weighted by molar-refractivity contribution is 5.94. The van der Waals surface area contributed by atoms with E-state index in [4.69, 9.17) is 16.6 Å². The van der Waals surface area contributed by atoms with Crippen LogP contribution in [0.1, 0.15) is 46.0 Å². The Bertz CT molecular complexity index is 640. The summed E-state index contributed by atoms with van der Waals surface area (Å²) in [5.74, 6) is -3.52. The second-order valence-electron chi connectivity index (χ2n) is 7.28. The van der Waals surface area contributed by atoms with Crippen molar-refractivity contribution >= 4 is 29.6 Å². The van der Waals surface area contributed by atoms with Crippen LogP contribution in [0, 0.1) is 5.92 Å². The number of hydrogen-bond donors (Lipinski definition) is 5. The van der Waals surface area contributed by atoms with Crippen LogP contribution in [-0.2, 0) is 24.0 Å². The van der Waals surface area contributed by atoms with E-state index >= 15 is 0 Å². The normalized spacial score (nSPS) is 19.1. The van der Waals surface area contributed by atoms with Crippen LogP contribution in [-0.4, -0.2) is 70.8 Å². The van der Waals surface area contributed by atoms with Crippen LogP contribution in [0.15, 0.2) is 0 Å². The van der Waals surface area contributed by atoms with Gasteiger partial charge >= 0.3 is 5.97 Å². The van der Waals surface area contributed by atoms with E-state index in [-0.39, 0.29) is 18.8 Å². The smallest absolute Gasteiger partial charge is 0.322 e. The van der Waals surface area contributed by atoms with Crippen molar-refractivity contribution in [1.82, 2.24) is 15.5 Å². The third kappa shape index (κ3) is 7.33. The van der Waals surface area contributed by atoms with E-state index in [9.17, 15) is 24.0 Å². The summed E-state index contributed by atoms with van der Waals surface area (Å²) in [4.78, 5) is 60.7. The molecule has 0 radical (unpaired) electrons. The summed E-state index contributed by atoms with van der Waals surface area (Å²) in [6.45, 7) is 3.41. The highest BCUT2D eigenvalue weighted by Crippen LogP contribution is 2.20. The minimum Gasteiger partial charge on any atom is -0.480 e. The lowest BCUT2D eigenvalue weighted by Crippen LogP contribution is -2.57. The molecule has 11 heteroatoms. The van der Waals surface area contributed by atoms with Crippen molar-refractivity contribution in [2.45, 2.75) is 64.1 Å². The molecular weight excluding hydrogens is 382 g/mol. The zero-order valence-corrected chi connectivity index (χ0v) is 16.8. The van der Waals surface area contributed by atoms with Crippen LogP contribution < -0.4 is 22.1 Å². The predicted octanol–water partition coefficient (Wildman–Crippen LogP) is -1.70. The first-order valence-corrected chi connectivity index (χ1v) is 9.72. The number of nitrogens with two attached hydrogens (primary N) is 2. The van der Waals surface area contributed by atoms with Gasteiger partial charge in [0.2, 0.25) is 23.6 Å². The van der Waals surface area contributed by atoms with Gasteiger partial charge in [-0.3, -0.25) is 24.0 Å². The lowest BCUT2D eigenvalue weighted by Gasteiger charge is -2.29. The molecule has 1 aliphatic rings. The number of nitrogens with zero attached hydrogens (tertiary/aromatic N) is 1. The highest BCUT2D eigenvalue weighted by atomic mass is 16.4. The van der Waals surface area contributed by atoms with Crippen LogP contribution >= 0.6 is 0 Å². The minimum atomic E-state index is -1.19. The van der Waals surface area contributed by atoms with Crippen LogP contribution in [0.3, 0.4) is 0 Å². The van der Waals surface area contributed by atoms with E-state index in [0.29, 0.717) is 25.8 Å². The molecule has 11 nitrogen and oxygen atoms in total. The Morgan fingerprint density at radius 2 is 1.90 bits per heavy atom. The molecule has 0 bridgehead atoms. The van der Waals surface area contributed by atoms with Crippen LogP contribution in [0.2, 0.25) is 0 Å². The molecule has 0 saturated carbocycles. The summed E-state index contributed by atoms with van der Waals surface area (Å²) in [7, 11) is 0. The van der Waals surface area contributed by atoms with Gasteiger partial charge in [-0.15, -0.1) is 0 Å². The number of carboxylic acid groups (broad SMARTS) is 1. The molecule has 1 heterocycles. The maximum Gasteiger partial charge on any atom is 0.322 e. The number of likely N-dealkylation sites (tertiary alicyclic amines) is 1. The molecule has 1 saturated heterocycles. The van der Waals surface area contributed by atoms with Gasteiger partial charge in [0.1, 0.15) is 18.6 Å². The standard InChI is InChI=1S/C18H31N5O6/c1-3-10(2)15(17(28)21-9-14(25)26)22-16(27)12-5-4-8-23(12)18(29)11(19)6-7-13(20)24/h10-12,15H,3-9,19H2,1-2H3,(H2,20,24)(H,21,28)(H,22,27)(H,25,26). The van der Waals surface area contributed by atoms with Crippen molar-refractivity contribution in [2.75, 3.05) is 13.1 Å². The Morgan fingerprint density at radius 3 is 2.45 bits per heavy atom. The summed E-state index contributed by atoms with van der Waals surface area (Å²) in [6, 6.07) is -2.64. The lowest BCUT2D eigenvalue weighted by atomic mass is 9.97. The molecule has 4 unspecified atom stereocenters. The van der Waals surface area contributed by atoms with Gasteiger partial charge in [0.15, 0.2) is 0 Å². The molecule has 0 aromatic rings. The quantitative estimate of drug-likeness (QED) is 0.267. The molecule has 4 atom stereocenters. The van der Waals surface area contributed by atoms with E-state index in [2.05, 4.69) is 10.6 Å². The van der Waals surface area contributed by atoms with Gasteiger partial charge in [-0.05, 0) is 25.2 Å². The Balaban J connectivity index is 2.81. The van der Waals surface area contributed by atoms with Gasteiger partial charge in [0.05, 0.1) is 6.04 Å². The summed E-state index contributed by atoms with van der Waals surface area (Å²) >= 11 is 0. The third-order valence-corrected chi connectivity index (χ3v) is 5.06. The molecule has 1 rings (SSSR count). The van der Waals surface area contributed by atoms with Crippen LogP contribution in [0.5, 0.6) is 0 Å². The van der Waals surface area contributed by atoms with Crippen molar-refractivity contribution in [1.29, 1.82) is 0 Å². The summed E-state index contributed by atoms with van der Waals surface area (Å²) in [6.07, 6.45) is 1.66. The number of aliphatic carboxylic acids is 1. The molecular formula is C18H31N5O6. The van der Waals surface area contributed by atoms with E-state index < -0.39 is 54.3 Å². The molecule has 4 amide bonds. The van der Waals surface area contributed by atoms with Gasteiger partial charge in [-0.1, -0.05) is 20.3 Å². The SMILES string of the molecule is CCC(C)C(NC(=O)C1CCCN1C(=O)C(N)CCC(N)=O)C(=O)NCC(=O)O. The fourth-order valence-electron chi connectivity index (χ4n) is 3.16. The van der Waals surface area contributed by atoms with E-state index in [0.717, 1.165) is 0 Å². The van der Waals surface area contributed by atoms with Crippen LogP contribution in [0.25, 0.3) is 0 Å².